The summed E-state index contributed by atoms with van der Waals surface area (Å²) in [7, 11) is 0. The van der Waals surface area contributed by atoms with Gasteiger partial charge in [-0.1, -0.05) is 5.56 Å². The van der Waals surface area contributed by atoms with E-state index in [0.717, 1.165) is 27.7 Å². The first-order valence-electron chi connectivity index (χ1n) is 12.7. The Morgan fingerprint density at radius 1 is 0.895 bits per heavy atom. The molecule has 0 fully saturated rings. The number of hydrogen-bond acceptors (Lipinski definition) is 3. The minimum atomic E-state index is -0.394. The zero-order chi connectivity index (χ0) is 26.7. The van der Waals surface area contributed by atoms with Gasteiger partial charge in [0, 0.05) is 0 Å². The van der Waals surface area contributed by atoms with Gasteiger partial charge in [0.25, 0.3) is 0 Å². The first kappa shape index (κ1) is 25.7. The molecular weight excluding hydrogens is 533 g/mol. The Hall–Kier alpha value is -3.89. The summed E-state index contributed by atoms with van der Waals surface area (Å²) < 4.78 is 3.17. The van der Waals surface area contributed by atoms with Crippen LogP contribution < -0.4 is 15.0 Å². The monoisotopic (exact) mass is 565 g/mol. The molecule has 0 aliphatic heterocycles. The number of fused-ring (bicyclic) bond motifs is 1. The number of carbonyl (C=O) groups is 1. The normalized spacial score (nSPS) is 11.8. The van der Waals surface area contributed by atoms with Gasteiger partial charge in [-0.15, -0.1) is 0 Å². The Morgan fingerprint density at radius 3 is 2.32 bits per heavy atom. The van der Waals surface area contributed by atoms with Crippen molar-refractivity contribution in [1.82, 2.24) is 14.8 Å². The van der Waals surface area contributed by atoms with E-state index in [2.05, 4.69) is 79.7 Å². The molecule has 2 heterocycles. The number of amides is 2. The van der Waals surface area contributed by atoms with Crippen LogP contribution in [0, 0.1) is 6.92 Å². The van der Waals surface area contributed by atoms with Crippen molar-refractivity contribution >= 4 is 48.4 Å². The fourth-order valence-electron chi connectivity index (χ4n) is 4.25. The number of aromatic nitrogens is 3. The van der Waals surface area contributed by atoms with Gasteiger partial charge in [-0.3, -0.25) is 0 Å². The summed E-state index contributed by atoms with van der Waals surface area (Å²) in [6.45, 7) is 8.40. The zero-order valence-corrected chi connectivity index (χ0v) is 24.2. The van der Waals surface area contributed by atoms with Crippen molar-refractivity contribution in [2.24, 2.45) is 0 Å². The fourth-order valence-corrected chi connectivity index (χ4v) is 6.85. The summed E-state index contributed by atoms with van der Waals surface area (Å²) in [6, 6.07) is 26.4. The van der Waals surface area contributed by atoms with Gasteiger partial charge in [0.15, 0.2) is 0 Å². The number of carbonyl (C=O) groups excluding carboxylic acids is 1. The van der Waals surface area contributed by atoms with Gasteiger partial charge in [-0.2, -0.15) is 0 Å². The maximum absolute atomic E-state index is 13.3. The van der Waals surface area contributed by atoms with E-state index < -0.39 is 15.8 Å². The number of urea groups is 1. The second kappa shape index (κ2) is 10.8. The molecule has 0 radical (unpaired) electrons. The van der Waals surface area contributed by atoms with Crippen LogP contribution in [0.3, 0.4) is 0 Å². The number of nitrogens with one attached hydrogen (secondary N) is 2. The third kappa shape index (κ3) is 5.81. The second-order valence-electron chi connectivity index (χ2n) is 10.4. The molecule has 5 aromatic rings. The molecule has 1 unspecified atom stereocenters. The Labute approximate surface area is 230 Å². The Morgan fingerprint density at radius 2 is 1.61 bits per heavy atom. The molecule has 38 heavy (non-hydrogen) atoms. The molecule has 3 aromatic carbocycles. The second-order valence-corrected chi connectivity index (χ2v) is 13.0. The first-order chi connectivity index (χ1) is 18.3. The number of aryl methyl sites for hydroxylation is 1. The van der Waals surface area contributed by atoms with Crippen molar-refractivity contribution < 1.29 is 4.79 Å². The quantitative estimate of drug-likeness (QED) is 0.251. The molecule has 5 rings (SSSR count). The Bertz CT molecular complexity index is 1570. The van der Waals surface area contributed by atoms with Gasteiger partial charge < -0.3 is 0 Å². The summed E-state index contributed by atoms with van der Waals surface area (Å²) in [5, 5.41) is 14.2. The molecule has 0 spiro atoms. The van der Waals surface area contributed by atoms with Crippen LogP contribution in [0.5, 0.6) is 0 Å². The maximum atomic E-state index is 13.3. The summed E-state index contributed by atoms with van der Waals surface area (Å²) in [5.41, 5.74) is 4.91. The molecule has 0 aliphatic carbocycles. The Balaban J connectivity index is 1.39. The predicted octanol–water partition coefficient (Wildman–Crippen LogP) is 5.93. The predicted molar refractivity (Wildman–Crippen MR) is 158 cm³/mol. The topological polar surface area (TPSA) is 71.8 Å². The van der Waals surface area contributed by atoms with Crippen molar-refractivity contribution in [3.05, 3.63) is 108 Å². The van der Waals surface area contributed by atoms with E-state index in [4.69, 9.17) is 5.10 Å². The van der Waals surface area contributed by atoms with Gasteiger partial charge in [-0.05, 0) is 6.92 Å². The Kier molecular flexibility index (Phi) is 7.35. The van der Waals surface area contributed by atoms with Crippen LogP contribution in [0.1, 0.15) is 37.6 Å². The van der Waals surface area contributed by atoms with Gasteiger partial charge in [0.2, 0.25) is 0 Å². The van der Waals surface area contributed by atoms with Crippen LogP contribution in [-0.2, 0) is 10.6 Å². The summed E-state index contributed by atoms with van der Waals surface area (Å²) in [6.07, 6.45) is 3.70. The summed E-state index contributed by atoms with van der Waals surface area (Å²) in [4.78, 5) is 17.4. The number of hydrogen-bond donors (Lipinski definition) is 2. The van der Waals surface area contributed by atoms with Crippen LogP contribution in [0.25, 0.3) is 16.5 Å². The van der Waals surface area contributed by atoms with Crippen molar-refractivity contribution in [2.75, 3.05) is 10.6 Å². The van der Waals surface area contributed by atoms with Crippen molar-refractivity contribution in [3.8, 4) is 5.69 Å². The van der Waals surface area contributed by atoms with Crippen LogP contribution in [0.15, 0.2) is 91.3 Å². The van der Waals surface area contributed by atoms with E-state index in [0.29, 0.717) is 5.82 Å². The standard InChI is InChI=1S/C31H32AsN5O/c1-21-9-11-23(12-10-21)37-29(19-28(36-37)31(2,3)4)35-30(38)34-27-14-13-26(24-7-5-6-8-25(24)27)32-20-22-15-17-33-18-16-22/h5-19,32H,20H2,1-4H3,(H2,34,35,38). The van der Waals surface area contributed by atoms with Crippen LogP contribution in [0.4, 0.5) is 16.3 Å². The molecule has 2 amide bonds. The van der Waals surface area contributed by atoms with Crippen molar-refractivity contribution in [3.63, 3.8) is 0 Å². The number of pyridine rings is 1. The number of benzene rings is 3. The van der Waals surface area contributed by atoms with Gasteiger partial charge in [0.1, 0.15) is 0 Å². The number of nitrogens with zero attached hydrogens (tertiary/aromatic N) is 3. The molecule has 2 N–H and O–H groups in total. The molecule has 192 valence electrons. The average molecular weight is 566 g/mol. The van der Waals surface area contributed by atoms with E-state index in [9.17, 15) is 4.79 Å². The minimum absolute atomic E-state index is 0.158. The third-order valence-corrected chi connectivity index (χ3v) is 9.34. The van der Waals surface area contributed by atoms with E-state index in [1.807, 2.05) is 54.9 Å². The van der Waals surface area contributed by atoms with Crippen molar-refractivity contribution in [1.29, 1.82) is 0 Å². The fraction of sp³-hybridized carbons (Fsp3) is 0.194. The van der Waals surface area contributed by atoms with Gasteiger partial charge in [0.05, 0.1) is 0 Å². The molecule has 0 bridgehead atoms. The van der Waals surface area contributed by atoms with E-state index in [1.165, 1.54) is 20.9 Å². The van der Waals surface area contributed by atoms with E-state index in [1.54, 1.807) is 4.68 Å². The summed E-state index contributed by atoms with van der Waals surface area (Å²) in [5.74, 6) is 0.626. The SMILES string of the molecule is Cc1ccc(-n2nc(C(C)(C)C)cc2NC(=O)Nc2ccc([AsH]Cc3ccncc3)c3ccccc23)cc1. The average Bonchev–Trinajstić information content (AvgIpc) is 3.33. The van der Waals surface area contributed by atoms with Crippen LogP contribution in [0.2, 0.25) is 0 Å². The molecule has 6 nitrogen and oxygen atoms in total. The third-order valence-electron chi connectivity index (χ3n) is 6.40. The summed E-state index contributed by atoms with van der Waals surface area (Å²) >= 11 is -0.394. The zero-order valence-electron chi connectivity index (χ0n) is 22.1. The molecule has 0 aliphatic rings. The van der Waals surface area contributed by atoms with Crippen LogP contribution >= 0.6 is 0 Å². The molecule has 1 atom stereocenters. The van der Waals surface area contributed by atoms with Crippen LogP contribution in [-0.4, -0.2) is 36.5 Å². The van der Waals surface area contributed by atoms with E-state index in [-0.39, 0.29) is 11.4 Å². The number of anilines is 2. The molecule has 7 heteroatoms. The van der Waals surface area contributed by atoms with E-state index >= 15 is 0 Å². The molecule has 0 saturated heterocycles. The van der Waals surface area contributed by atoms with Gasteiger partial charge in [-0.25, -0.2) is 0 Å². The first-order valence-corrected chi connectivity index (χ1v) is 15.2. The molecular formula is C31H32AsN5O. The molecule has 2 aromatic heterocycles. The van der Waals surface area contributed by atoms with Crippen molar-refractivity contribution in [2.45, 2.75) is 38.3 Å². The molecule has 0 saturated carbocycles. The number of rotatable bonds is 6. The van der Waals surface area contributed by atoms with Gasteiger partial charge >= 0.3 is 218 Å².